The number of ether oxygens (including phenoxy) is 5. The Hall–Kier alpha value is -9.09. The third-order valence-electron chi connectivity index (χ3n) is 16.4. The van der Waals surface area contributed by atoms with Crippen molar-refractivity contribution < 1.29 is 71.8 Å². The normalized spacial score (nSPS) is 15.9. The number of carbonyl (C=O) groups excluding carboxylic acids is 4. The molecule has 0 spiro atoms. The van der Waals surface area contributed by atoms with Gasteiger partial charge in [-0.3, -0.25) is 4.79 Å². The predicted molar refractivity (Wildman–Crippen MR) is 383 cm³/mol. The van der Waals surface area contributed by atoms with Gasteiger partial charge in [-0.25, -0.2) is 19.2 Å². The van der Waals surface area contributed by atoms with Gasteiger partial charge < -0.3 is 82.6 Å². The highest BCUT2D eigenvalue weighted by Crippen LogP contribution is 2.40. The van der Waals surface area contributed by atoms with Crippen LogP contribution in [0.15, 0.2) is 54.8 Å². The third kappa shape index (κ3) is 19.3. The van der Waals surface area contributed by atoms with Gasteiger partial charge in [-0.2, -0.15) is 14.5 Å². The lowest BCUT2D eigenvalue weighted by Crippen LogP contribution is -2.42. The number of halogens is 1. The summed E-state index contributed by atoms with van der Waals surface area (Å²) in [6.07, 6.45) is 3.46. The second-order valence-corrected chi connectivity index (χ2v) is 27.8. The van der Waals surface area contributed by atoms with Crippen LogP contribution in [0.1, 0.15) is 190 Å². The van der Waals surface area contributed by atoms with Crippen LogP contribution in [0.4, 0.5) is 14.4 Å². The van der Waals surface area contributed by atoms with Crippen molar-refractivity contribution in [3.05, 3.63) is 97.9 Å². The first kappa shape index (κ1) is 79.2. The number of nitrogens with zero attached hydrogens (tertiary/aromatic N) is 8. The molecule has 4 atom stereocenters. The van der Waals surface area contributed by atoms with Crippen LogP contribution in [0.3, 0.4) is 0 Å². The molecule has 3 aromatic carbocycles. The summed E-state index contributed by atoms with van der Waals surface area (Å²) in [5, 5.41) is 45.3. The molecular weight excluding hydrogens is 1320 g/mol. The lowest BCUT2D eigenvalue weighted by molar-refractivity contribution is 0.00504. The lowest BCUT2D eigenvalue weighted by Gasteiger charge is -2.31. The van der Waals surface area contributed by atoms with E-state index in [9.17, 15) is 34.2 Å². The molecule has 3 saturated heterocycles. The zero-order chi connectivity index (χ0) is 73.3. The van der Waals surface area contributed by atoms with E-state index in [0.29, 0.717) is 111 Å². The largest absolute Gasteiger partial charge is 0.465 e. The summed E-state index contributed by atoms with van der Waals surface area (Å²) in [5.74, 6) is 2.01. The summed E-state index contributed by atoms with van der Waals surface area (Å²) in [4.78, 5) is 81.7. The van der Waals surface area contributed by atoms with Gasteiger partial charge in [-0.05, 0) is 223 Å². The average Bonchev–Trinajstić information content (AvgIpc) is 1.64. The SMILES string of the molecule is CC(C)(C)OC(=O)N1CCCC1.CCO.CCOc1nc2c(C(O)C3CCCN3C(=O)OC(C)(C)C)cc(-c3c(C)noc3C)cc2[nH]1.CCOc1nc2c(C=O)cc(-c3c(C)noc3C)cc2n1C(=O)OC(C)(C)C.Cc1noc(C)c1-c1cc(C(O)C2CCCN2)c2[nH]c(=O)[nH]c2c1.Cl. The molecule has 550 valence electrons. The van der Waals surface area contributed by atoms with Crippen LogP contribution >= 0.6 is 12.4 Å². The van der Waals surface area contributed by atoms with Gasteiger partial charge >= 0.3 is 30.0 Å². The summed E-state index contributed by atoms with van der Waals surface area (Å²) in [6.45, 7) is 37.1. The third-order valence-corrected chi connectivity index (χ3v) is 16.4. The number of carbonyl (C=O) groups is 4. The number of hydrogen-bond donors (Lipinski definition) is 7. The molecule has 6 aromatic heterocycles. The molecule has 0 radical (unpaired) electrons. The van der Waals surface area contributed by atoms with E-state index in [4.69, 9.17) is 42.4 Å². The molecule has 3 fully saturated rings. The van der Waals surface area contributed by atoms with Gasteiger partial charge in [0.15, 0.2) is 6.29 Å². The Bertz CT molecular complexity index is 4310. The number of likely N-dealkylation sites (tertiary alicyclic amines) is 2. The maximum absolute atomic E-state index is 12.9. The number of aromatic amines is 3. The number of aliphatic hydroxyl groups excluding tert-OH is 3. The van der Waals surface area contributed by atoms with E-state index in [1.54, 1.807) is 63.5 Å². The van der Waals surface area contributed by atoms with E-state index < -0.39 is 41.6 Å². The number of aromatic nitrogens is 9. The Kier molecular flexibility index (Phi) is 26.4. The summed E-state index contributed by atoms with van der Waals surface area (Å²) in [5.41, 5.74) is 10.3. The molecular formula is C72H99ClN12O16. The highest BCUT2D eigenvalue weighted by Gasteiger charge is 2.39. The molecule has 0 bridgehead atoms. The topological polar surface area (TPSA) is 367 Å². The summed E-state index contributed by atoms with van der Waals surface area (Å²) < 4.78 is 44.6. The van der Waals surface area contributed by atoms with Gasteiger partial charge in [0, 0.05) is 65.7 Å². The minimum atomic E-state index is -0.958. The van der Waals surface area contributed by atoms with Crippen molar-refractivity contribution in [1.82, 2.24) is 60.1 Å². The fourth-order valence-electron chi connectivity index (χ4n) is 12.4. The monoisotopic (exact) mass is 1420 g/mol. The van der Waals surface area contributed by atoms with Gasteiger partial charge in [-0.15, -0.1) is 12.4 Å². The van der Waals surface area contributed by atoms with E-state index >= 15 is 0 Å². The number of rotatable bonds is 12. The van der Waals surface area contributed by atoms with Gasteiger partial charge in [0.25, 0.3) is 6.01 Å². The minimum absolute atomic E-state index is 0. The Morgan fingerprint density at radius 3 is 1.62 bits per heavy atom. The van der Waals surface area contributed by atoms with Gasteiger partial charge in [0.1, 0.15) is 45.7 Å². The summed E-state index contributed by atoms with van der Waals surface area (Å²) >= 11 is 0. The highest BCUT2D eigenvalue weighted by atomic mass is 35.5. The molecule has 12 rings (SSSR count). The van der Waals surface area contributed by atoms with Gasteiger partial charge in [-0.1, -0.05) is 15.5 Å². The quantitative estimate of drug-likeness (QED) is 0.0441. The number of H-pyrrole nitrogens is 3. The predicted octanol–water partition coefficient (Wildman–Crippen LogP) is 13.3. The van der Waals surface area contributed by atoms with Crippen LogP contribution in [-0.2, 0) is 14.2 Å². The van der Waals surface area contributed by atoms with Crippen molar-refractivity contribution in [2.24, 2.45) is 0 Å². The molecule has 7 N–H and O–H groups in total. The minimum Gasteiger partial charge on any atom is -0.465 e. The number of benzene rings is 3. The maximum Gasteiger partial charge on any atom is 0.423 e. The number of aryl methyl sites for hydroxylation is 6. The van der Waals surface area contributed by atoms with Crippen LogP contribution in [-0.4, -0.2) is 170 Å². The molecule has 2 amide bonds. The van der Waals surface area contributed by atoms with Crippen LogP contribution in [0.25, 0.3) is 66.5 Å². The van der Waals surface area contributed by atoms with Crippen molar-refractivity contribution in [1.29, 1.82) is 0 Å². The molecule has 28 nitrogen and oxygen atoms in total. The van der Waals surface area contributed by atoms with Crippen LogP contribution in [0.2, 0.25) is 0 Å². The van der Waals surface area contributed by atoms with E-state index in [1.165, 1.54) is 4.57 Å². The number of imidazole rings is 3. The van der Waals surface area contributed by atoms with Crippen molar-refractivity contribution in [2.75, 3.05) is 46.0 Å². The Morgan fingerprint density at radius 1 is 0.614 bits per heavy atom. The first-order chi connectivity index (χ1) is 47.2. The zero-order valence-corrected chi connectivity index (χ0v) is 62.0. The first-order valence-electron chi connectivity index (χ1n) is 34.0. The Morgan fingerprint density at radius 2 is 1.13 bits per heavy atom. The van der Waals surface area contributed by atoms with E-state index in [1.807, 2.05) is 107 Å². The van der Waals surface area contributed by atoms with E-state index in [-0.39, 0.29) is 48.5 Å². The zero-order valence-electron chi connectivity index (χ0n) is 61.2. The second-order valence-electron chi connectivity index (χ2n) is 27.8. The smallest absolute Gasteiger partial charge is 0.423 e. The molecule has 0 saturated carbocycles. The lowest BCUT2D eigenvalue weighted by atomic mass is 9.94. The molecule has 4 unspecified atom stereocenters. The van der Waals surface area contributed by atoms with Crippen LogP contribution in [0, 0.1) is 41.5 Å². The van der Waals surface area contributed by atoms with Gasteiger partial charge in [0.2, 0.25) is 0 Å². The number of hydrogen-bond acceptors (Lipinski definition) is 22. The van der Waals surface area contributed by atoms with Crippen molar-refractivity contribution in [2.45, 2.75) is 204 Å². The number of aldehydes is 1. The standard InChI is InChI=1S/C24H32N4O5.C20H23N3O5.C17H20N4O3.C9H17NO2.C2H6O.ClH/c1-7-31-22-25-17-12-15(19-13(2)27-33-14(19)3)11-16(20(17)26-22)21(29)18-9-8-10-28(18)23(30)32-24(4,5)6;1-7-26-18-21-17-14(10-24)8-13(16-11(2)22-28-12(16)3)9-15(17)23(18)19(25)27-20(4,5)6;1-8-14(9(2)24-21-8)10-6-11(16(22)12-4-3-5-18-12)15-13(7-10)19-17(23)20-15;1-9(2,3)12-8(11)10-6-4-5-7-10;1-2-3;/h11-12,18,21,29H,7-10H2,1-6H3,(H,25,26);8-10H,7H2,1-6H3;6-7,12,16,18,22H,3-5H2,1-2H3,(H2,19,20,23);4-7H2,1-3H3;3H,2H2,1H3;1H. The van der Waals surface area contributed by atoms with E-state index in [0.717, 1.165) is 96.5 Å². The first-order valence-corrected chi connectivity index (χ1v) is 34.0. The molecule has 101 heavy (non-hydrogen) atoms. The fourth-order valence-corrected chi connectivity index (χ4v) is 12.4. The number of fused-ring (bicyclic) bond motifs is 3. The van der Waals surface area contributed by atoms with Crippen molar-refractivity contribution in [3.63, 3.8) is 0 Å². The molecule has 0 aliphatic carbocycles. The average molecular weight is 1420 g/mol. The Labute approximate surface area is 592 Å². The Balaban J connectivity index is 0.000000193. The number of amides is 2. The molecule has 3 aliphatic heterocycles. The van der Waals surface area contributed by atoms with Crippen LogP contribution in [0.5, 0.6) is 12.0 Å². The van der Waals surface area contributed by atoms with Crippen molar-refractivity contribution >= 4 is 70.1 Å². The van der Waals surface area contributed by atoms with Crippen molar-refractivity contribution in [3.8, 4) is 45.4 Å². The summed E-state index contributed by atoms with van der Waals surface area (Å²) in [6, 6.07) is 11.1. The summed E-state index contributed by atoms with van der Waals surface area (Å²) in [7, 11) is 0. The van der Waals surface area contributed by atoms with Crippen LogP contribution < -0.4 is 20.5 Å². The molecule has 29 heteroatoms. The maximum atomic E-state index is 12.9. The number of aliphatic hydroxyl groups is 3. The molecule has 3 aliphatic rings. The molecule has 9 aromatic rings. The van der Waals surface area contributed by atoms with Gasteiger partial charge in [0.05, 0.1) is 70.0 Å². The highest BCUT2D eigenvalue weighted by molar-refractivity contribution is 6.01. The van der Waals surface area contributed by atoms with E-state index in [2.05, 4.69) is 45.7 Å². The molecule has 9 heterocycles. The fraction of sp³-hybridized carbons (Fsp3) is 0.528. The number of nitrogens with one attached hydrogen (secondary N) is 4. The second kappa shape index (κ2) is 33.6.